The number of alkyl halides is 3. The van der Waals surface area contributed by atoms with Crippen molar-refractivity contribution >= 4 is 10.0 Å². The van der Waals surface area contributed by atoms with Crippen LogP contribution in [0, 0.1) is 0 Å². The molecule has 1 aliphatic heterocycles. The molecule has 2 aromatic carbocycles. The molecular formula is C16H14F3NO4S. The lowest BCUT2D eigenvalue weighted by atomic mass is 10.1. The Morgan fingerprint density at radius 1 is 1.04 bits per heavy atom. The monoisotopic (exact) mass is 373 g/mol. The number of hydrogen-bond acceptors (Lipinski definition) is 4. The van der Waals surface area contributed by atoms with Crippen molar-refractivity contribution < 1.29 is 31.1 Å². The Hall–Kier alpha value is -2.26. The average molecular weight is 373 g/mol. The Morgan fingerprint density at radius 3 is 2.52 bits per heavy atom. The summed E-state index contributed by atoms with van der Waals surface area (Å²) in [7, 11) is -4.28. The van der Waals surface area contributed by atoms with Crippen molar-refractivity contribution in [3.63, 3.8) is 0 Å². The van der Waals surface area contributed by atoms with Crippen molar-refractivity contribution in [1.29, 1.82) is 0 Å². The average Bonchev–Trinajstić information content (AvgIpc) is 3.01. The van der Waals surface area contributed by atoms with Gasteiger partial charge in [-0.2, -0.15) is 13.2 Å². The summed E-state index contributed by atoms with van der Waals surface area (Å²) in [6.45, 7) is 0.0772. The van der Waals surface area contributed by atoms with Gasteiger partial charge in [-0.05, 0) is 36.2 Å². The molecule has 0 saturated carbocycles. The van der Waals surface area contributed by atoms with Gasteiger partial charge in [0.05, 0.1) is 10.5 Å². The summed E-state index contributed by atoms with van der Waals surface area (Å²) in [4.78, 5) is -0.784. The number of fused-ring (bicyclic) bond motifs is 1. The van der Waals surface area contributed by atoms with E-state index in [1.165, 1.54) is 6.07 Å². The zero-order valence-corrected chi connectivity index (χ0v) is 13.7. The van der Waals surface area contributed by atoms with Crippen molar-refractivity contribution in [3.8, 4) is 11.5 Å². The molecule has 0 fully saturated rings. The zero-order chi connectivity index (χ0) is 18.1. The molecule has 1 N–H and O–H groups in total. The van der Waals surface area contributed by atoms with Gasteiger partial charge in [0.1, 0.15) is 0 Å². The lowest BCUT2D eigenvalue weighted by molar-refractivity contribution is -0.139. The standard InChI is InChI=1S/C16H14F3NO4S/c17-16(18,19)12-3-1-2-4-15(12)25(21,22)20-8-7-11-5-6-13-14(9-11)24-10-23-13/h1-6,9,20H,7-8,10H2. The highest BCUT2D eigenvalue weighted by Gasteiger charge is 2.36. The van der Waals surface area contributed by atoms with Crippen LogP contribution >= 0.6 is 0 Å². The van der Waals surface area contributed by atoms with E-state index in [0.717, 1.165) is 23.8 Å². The Morgan fingerprint density at radius 2 is 1.76 bits per heavy atom. The minimum absolute atomic E-state index is 0.0475. The van der Waals surface area contributed by atoms with Crippen molar-refractivity contribution in [2.24, 2.45) is 0 Å². The third-order valence-corrected chi connectivity index (χ3v) is 5.14. The molecule has 2 aromatic rings. The van der Waals surface area contributed by atoms with Gasteiger partial charge in [0.15, 0.2) is 11.5 Å². The van der Waals surface area contributed by atoms with E-state index >= 15 is 0 Å². The second-order valence-electron chi connectivity index (χ2n) is 5.33. The maximum absolute atomic E-state index is 13.0. The molecule has 0 aromatic heterocycles. The number of rotatable bonds is 5. The number of hydrogen-bond donors (Lipinski definition) is 1. The highest BCUT2D eigenvalue weighted by Crippen LogP contribution is 2.34. The van der Waals surface area contributed by atoms with Crippen LogP contribution in [0.3, 0.4) is 0 Å². The molecule has 0 spiro atoms. The Bertz CT molecular complexity index is 881. The highest BCUT2D eigenvalue weighted by molar-refractivity contribution is 7.89. The van der Waals surface area contributed by atoms with Crippen LogP contribution in [0.2, 0.25) is 0 Å². The quantitative estimate of drug-likeness (QED) is 0.875. The fourth-order valence-electron chi connectivity index (χ4n) is 2.44. The topological polar surface area (TPSA) is 64.6 Å². The van der Waals surface area contributed by atoms with Gasteiger partial charge in [0.25, 0.3) is 0 Å². The van der Waals surface area contributed by atoms with Crippen LogP contribution in [0.15, 0.2) is 47.4 Å². The first-order valence-electron chi connectivity index (χ1n) is 7.32. The van der Waals surface area contributed by atoms with Gasteiger partial charge < -0.3 is 9.47 Å². The van der Waals surface area contributed by atoms with Crippen LogP contribution in [-0.4, -0.2) is 21.8 Å². The fourth-order valence-corrected chi connectivity index (χ4v) is 3.70. The molecule has 0 amide bonds. The predicted octanol–water partition coefficient (Wildman–Crippen LogP) is 2.96. The van der Waals surface area contributed by atoms with Crippen molar-refractivity contribution in [1.82, 2.24) is 4.72 Å². The third kappa shape index (κ3) is 3.88. The van der Waals surface area contributed by atoms with Gasteiger partial charge in [0, 0.05) is 6.54 Å². The van der Waals surface area contributed by atoms with Crippen molar-refractivity contribution in [2.45, 2.75) is 17.5 Å². The Balaban J connectivity index is 1.71. The smallest absolute Gasteiger partial charge is 0.417 e. The van der Waals surface area contributed by atoms with E-state index < -0.39 is 26.7 Å². The largest absolute Gasteiger partial charge is 0.454 e. The Labute approximate surface area is 142 Å². The molecule has 0 saturated heterocycles. The minimum Gasteiger partial charge on any atom is -0.454 e. The second kappa shape index (κ2) is 6.57. The first-order chi connectivity index (χ1) is 11.8. The maximum Gasteiger partial charge on any atom is 0.417 e. The van der Waals surface area contributed by atoms with E-state index in [2.05, 4.69) is 4.72 Å². The van der Waals surface area contributed by atoms with Crippen LogP contribution in [0.4, 0.5) is 13.2 Å². The first-order valence-corrected chi connectivity index (χ1v) is 8.80. The summed E-state index contributed by atoms with van der Waals surface area (Å²) in [5, 5.41) is 0. The summed E-state index contributed by atoms with van der Waals surface area (Å²) in [6, 6.07) is 9.23. The molecule has 0 aliphatic carbocycles. The van der Waals surface area contributed by atoms with E-state index in [0.29, 0.717) is 17.9 Å². The van der Waals surface area contributed by atoms with Gasteiger partial charge in [-0.3, -0.25) is 0 Å². The predicted molar refractivity (Wildman–Crippen MR) is 82.9 cm³/mol. The minimum atomic E-state index is -4.75. The van der Waals surface area contributed by atoms with Crippen molar-refractivity contribution in [2.75, 3.05) is 13.3 Å². The van der Waals surface area contributed by atoms with E-state index in [9.17, 15) is 21.6 Å². The molecule has 1 heterocycles. The summed E-state index contributed by atoms with van der Waals surface area (Å²) in [5.74, 6) is 1.16. The number of halogens is 3. The molecule has 9 heteroatoms. The molecule has 134 valence electrons. The summed E-state index contributed by atoms with van der Waals surface area (Å²) in [5.41, 5.74) is -0.415. The van der Waals surface area contributed by atoms with Crippen LogP contribution < -0.4 is 14.2 Å². The number of ether oxygens (including phenoxy) is 2. The molecule has 5 nitrogen and oxygen atoms in total. The lowest BCUT2D eigenvalue weighted by Gasteiger charge is -2.13. The van der Waals surface area contributed by atoms with Crippen LogP contribution in [0.25, 0.3) is 0 Å². The van der Waals surface area contributed by atoms with Gasteiger partial charge in [-0.1, -0.05) is 18.2 Å². The molecule has 25 heavy (non-hydrogen) atoms. The number of nitrogens with one attached hydrogen (secondary N) is 1. The van der Waals surface area contributed by atoms with Gasteiger partial charge in [-0.15, -0.1) is 0 Å². The number of sulfonamides is 1. The summed E-state index contributed by atoms with van der Waals surface area (Å²) < 4.78 is 76.0. The maximum atomic E-state index is 13.0. The van der Waals surface area contributed by atoms with E-state index in [1.807, 2.05) is 0 Å². The molecular weight excluding hydrogens is 359 g/mol. The normalized spacial score (nSPS) is 13.9. The first kappa shape index (κ1) is 17.6. The van der Waals surface area contributed by atoms with Crippen LogP contribution in [-0.2, 0) is 22.6 Å². The van der Waals surface area contributed by atoms with E-state index in [1.54, 1.807) is 18.2 Å². The van der Waals surface area contributed by atoms with E-state index in [4.69, 9.17) is 9.47 Å². The number of benzene rings is 2. The molecule has 3 rings (SSSR count). The van der Waals surface area contributed by atoms with Crippen LogP contribution in [0.1, 0.15) is 11.1 Å². The van der Waals surface area contributed by atoms with Crippen molar-refractivity contribution in [3.05, 3.63) is 53.6 Å². The fraction of sp³-hybridized carbons (Fsp3) is 0.250. The molecule has 1 aliphatic rings. The summed E-state index contributed by atoms with van der Waals surface area (Å²) >= 11 is 0. The third-order valence-electron chi connectivity index (χ3n) is 3.62. The SMILES string of the molecule is O=S(=O)(NCCc1ccc2c(c1)OCO2)c1ccccc1C(F)(F)F. The van der Waals surface area contributed by atoms with Crippen LogP contribution in [0.5, 0.6) is 11.5 Å². The molecule has 0 atom stereocenters. The molecule has 0 unspecified atom stereocenters. The molecule has 0 radical (unpaired) electrons. The second-order valence-corrected chi connectivity index (χ2v) is 7.06. The van der Waals surface area contributed by atoms with E-state index in [-0.39, 0.29) is 13.3 Å². The van der Waals surface area contributed by atoms with Gasteiger partial charge in [0.2, 0.25) is 16.8 Å². The van der Waals surface area contributed by atoms with Gasteiger partial charge in [-0.25, -0.2) is 13.1 Å². The highest BCUT2D eigenvalue weighted by atomic mass is 32.2. The lowest BCUT2D eigenvalue weighted by Crippen LogP contribution is -2.28. The molecule has 0 bridgehead atoms. The van der Waals surface area contributed by atoms with Gasteiger partial charge >= 0.3 is 6.18 Å². The summed E-state index contributed by atoms with van der Waals surface area (Å²) in [6.07, 6.45) is -4.45. The zero-order valence-electron chi connectivity index (χ0n) is 12.8. The Kier molecular flexibility index (Phi) is 4.61.